The van der Waals surface area contributed by atoms with Crippen molar-refractivity contribution in [1.29, 1.82) is 0 Å². The molecule has 1 amide bonds. The average Bonchev–Trinajstić information content (AvgIpc) is 2.53. The first kappa shape index (κ1) is 15.2. The summed E-state index contributed by atoms with van der Waals surface area (Å²) in [6, 6.07) is 13.3. The van der Waals surface area contributed by atoms with Crippen LogP contribution >= 0.6 is 0 Å². The van der Waals surface area contributed by atoms with E-state index in [1.165, 1.54) is 0 Å². The van der Waals surface area contributed by atoms with Crippen LogP contribution in [0.2, 0.25) is 0 Å². The lowest BCUT2D eigenvalue weighted by atomic mass is 10.1. The smallest absolute Gasteiger partial charge is 0.254 e. The van der Waals surface area contributed by atoms with Crippen LogP contribution in [0.15, 0.2) is 48.7 Å². The number of carbonyl (C=O) groups is 1. The molecule has 0 aliphatic heterocycles. The van der Waals surface area contributed by atoms with Crippen molar-refractivity contribution in [2.24, 2.45) is 5.73 Å². The number of hydrogen-bond donors (Lipinski definition) is 1. The van der Waals surface area contributed by atoms with Crippen molar-refractivity contribution in [3.8, 4) is 0 Å². The van der Waals surface area contributed by atoms with Crippen LogP contribution in [0.1, 0.15) is 35.5 Å². The molecule has 0 radical (unpaired) electrons. The summed E-state index contributed by atoms with van der Waals surface area (Å²) in [6.45, 7) is 5.01. The lowest BCUT2D eigenvalue weighted by Crippen LogP contribution is -2.36. The molecule has 2 rings (SSSR count). The molecule has 21 heavy (non-hydrogen) atoms. The van der Waals surface area contributed by atoms with Gasteiger partial charge in [0.25, 0.3) is 5.91 Å². The fourth-order valence-corrected chi connectivity index (χ4v) is 2.10. The number of rotatable bonds is 5. The van der Waals surface area contributed by atoms with Gasteiger partial charge in [0.15, 0.2) is 0 Å². The summed E-state index contributed by atoms with van der Waals surface area (Å²) in [5.74, 6) is 0.0132. The third-order valence-corrected chi connectivity index (χ3v) is 3.38. The molecule has 4 heteroatoms. The highest BCUT2D eigenvalue weighted by atomic mass is 16.2. The Bertz CT molecular complexity index is 579. The lowest BCUT2D eigenvalue weighted by molar-refractivity contribution is 0.0688. The molecule has 0 bridgehead atoms. The van der Waals surface area contributed by atoms with E-state index < -0.39 is 0 Å². The molecule has 110 valence electrons. The maximum absolute atomic E-state index is 12.7. The number of carbonyl (C=O) groups excluding carboxylic acids is 1. The standard InChI is InChI=1S/C17H21N3O/c1-13(2)20(12-16-5-3-4-10-19-16)17(21)15-8-6-14(11-18)7-9-15/h3-10,13H,11-12,18H2,1-2H3. The minimum atomic E-state index is 0.0132. The molecule has 0 atom stereocenters. The molecule has 1 heterocycles. The van der Waals surface area contributed by atoms with Crippen LogP contribution in [-0.4, -0.2) is 21.8 Å². The van der Waals surface area contributed by atoms with Crippen LogP contribution in [-0.2, 0) is 13.1 Å². The molecule has 0 saturated heterocycles. The van der Waals surface area contributed by atoms with Crippen molar-refractivity contribution < 1.29 is 4.79 Å². The zero-order valence-corrected chi connectivity index (χ0v) is 12.5. The quantitative estimate of drug-likeness (QED) is 0.917. The van der Waals surface area contributed by atoms with E-state index >= 15 is 0 Å². The molecule has 1 aromatic carbocycles. The summed E-state index contributed by atoms with van der Waals surface area (Å²) >= 11 is 0. The molecule has 0 aliphatic rings. The maximum Gasteiger partial charge on any atom is 0.254 e. The Morgan fingerprint density at radius 2 is 1.90 bits per heavy atom. The maximum atomic E-state index is 12.7. The van der Waals surface area contributed by atoms with E-state index in [4.69, 9.17) is 5.73 Å². The first-order chi connectivity index (χ1) is 10.1. The van der Waals surface area contributed by atoms with E-state index in [0.717, 1.165) is 11.3 Å². The van der Waals surface area contributed by atoms with Gasteiger partial charge in [-0.15, -0.1) is 0 Å². The van der Waals surface area contributed by atoms with Crippen molar-refractivity contribution in [1.82, 2.24) is 9.88 Å². The highest BCUT2D eigenvalue weighted by Gasteiger charge is 2.19. The first-order valence-electron chi connectivity index (χ1n) is 7.11. The molecule has 2 N–H and O–H groups in total. The predicted molar refractivity (Wildman–Crippen MR) is 83.6 cm³/mol. The summed E-state index contributed by atoms with van der Waals surface area (Å²) < 4.78 is 0. The number of nitrogens with two attached hydrogens (primary N) is 1. The van der Waals surface area contributed by atoms with Gasteiger partial charge in [0.05, 0.1) is 12.2 Å². The predicted octanol–water partition coefficient (Wildman–Crippen LogP) is 2.59. The number of pyridine rings is 1. The van der Waals surface area contributed by atoms with E-state index in [2.05, 4.69) is 4.98 Å². The van der Waals surface area contributed by atoms with Gasteiger partial charge in [-0.2, -0.15) is 0 Å². The fourth-order valence-electron chi connectivity index (χ4n) is 2.10. The van der Waals surface area contributed by atoms with E-state index in [0.29, 0.717) is 18.7 Å². The van der Waals surface area contributed by atoms with Crippen LogP contribution in [0.25, 0.3) is 0 Å². The SMILES string of the molecule is CC(C)N(Cc1ccccn1)C(=O)c1ccc(CN)cc1. The fraction of sp³-hybridized carbons (Fsp3) is 0.294. The van der Waals surface area contributed by atoms with Crippen LogP contribution in [0, 0.1) is 0 Å². The normalized spacial score (nSPS) is 10.7. The zero-order chi connectivity index (χ0) is 15.2. The summed E-state index contributed by atoms with van der Waals surface area (Å²) in [7, 11) is 0. The van der Waals surface area contributed by atoms with E-state index in [1.807, 2.05) is 61.2 Å². The third kappa shape index (κ3) is 3.89. The third-order valence-electron chi connectivity index (χ3n) is 3.38. The van der Waals surface area contributed by atoms with E-state index in [9.17, 15) is 4.79 Å². The van der Waals surface area contributed by atoms with Gasteiger partial charge < -0.3 is 10.6 Å². The van der Waals surface area contributed by atoms with E-state index in [-0.39, 0.29) is 11.9 Å². The van der Waals surface area contributed by atoms with Gasteiger partial charge in [0.2, 0.25) is 0 Å². The van der Waals surface area contributed by atoms with Gasteiger partial charge in [-0.3, -0.25) is 9.78 Å². The second kappa shape index (κ2) is 6.99. The Labute approximate surface area is 125 Å². The second-order valence-corrected chi connectivity index (χ2v) is 5.25. The number of benzene rings is 1. The molecule has 0 unspecified atom stereocenters. The van der Waals surface area contributed by atoms with Crippen molar-refractivity contribution in [3.05, 3.63) is 65.5 Å². The molecule has 0 saturated carbocycles. The molecular weight excluding hydrogens is 262 g/mol. The zero-order valence-electron chi connectivity index (χ0n) is 12.5. The van der Waals surface area contributed by atoms with Crippen molar-refractivity contribution >= 4 is 5.91 Å². The van der Waals surface area contributed by atoms with Crippen LogP contribution in [0.3, 0.4) is 0 Å². The number of aromatic nitrogens is 1. The topological polar surface area (TPSA) is 59.2 Å². The summed E-state index contributed by atoms with van der Waals surface area (Å²) in [6.07, 6.45) is 1.74. The van der Waals surface area contributed by atoms with Gasteiger partial charge in [-0.1, -0.05) is 18.2 Å². The molecule has 0 spiro atoms. The number of amides is 1. The Balaban J connectivity index is 2.18. The van der Waals surface area contributed by atoms with Gasteiger partial charge in [-0.05, 0) is 43.7 Å². The van der Waals surface area contributed by atoms with Gasteiger partial charge in [-0.25, -0.2) is 0 Å². The lowest BCUT2D eigenvalue weighted by Gasteiger charge is -2.26. The highest BCUT2D eigenvalue weighted by molar-refractivity contribution is 5.94. The Kier molecular flexibility index (Phi) is 5.06. The number of nitrogens with zero attached hydrogens (tertiary/aromatic N) is 2. The van der Waals surface area contributed by atoms with Crippen LogP contribution in [0.4, 0.5) is 0 Å². The van der Waals surface area contributed by atoms with Crippen molar-refractivity contribution in [2.45, 2.75) is 33.0 Å². The second-order valence-electron chi connectivity index (χ2n) is 5.25. The molecule has 4 nitrogen and oxygen atoms in total. The Hall–Kier alpha value is -2.20. The molecule has 0 fully saturated rings. The minimum Gasteiger partial charge on any atom is -0.330 e. The van der Waals surface area contributed by atoms with Gasteiger partial charge in [0, 0.05) is 24.3 Å². The molecule has 0 aliphatic carbocycles. The molecule has 2 aromatic rings. The van der Waals surface area contributed by atoms with E-state index in [1.54, 1.807) is 6.20 Å². The monoisotopic (exact) mass is 283 g/mol. The summed E-state index contributed by atoms with van der Waals surface area (Å²) in [4.78, 5) is 18.8. The first-order valence-corrected chi connectivity index (χ1v) is 7.11. The largest absolute Gasteiger partial charge is 0.330 e. The van der Waals surface area contributed by atoms with Gasteiger partial charge in [0.1, 0.15) is 0 Å². The Morgan fingerprint density at radius 3 is 2.43 bits per heavy atom. The van der Waals surface area contributed by atoms with Crippen LogP contribution in [0.5, 0.6) is 0 Å². The molecule has 1 aromatic heterocycles. The molecular formula is C17H21N3O. The van der Waals surface area contributed by atoms with Crippen molar-refractivity contribution in [2.75, 3.05) is 0 Å². The Morgan fingerprint density at radius 1 is 1.19 bits per heavy atom. The summed E-state index contributed by atoms with van der Waals surface area (Å²) in [5.41, 5.74) is 8.17. The highest BCUT2D eigenvalue weighted by Crippen LogP contribution is 2.13. The number of hydrogen-bond acceptors (Lipinski definition) is 3. The average molecular weight is 283 g/mol. The van der Waals surface area contributed by atoms with Crippen molar-refractivity contribution in [3.63, 3.8) is 0 Å². The minimum absolute atomic E-state index is 0.0132. The van der Waals surface area contributed by atoms with Gasteiger partial charge >= 0.3 is 0 Å². The summed E-state index contributed by atoms with van der Waals surface area (Å²) in [5, 5.41) is 0. The van der Waals surface area contributed by atoms with Crippen LogP contribution < -0.4 is 5.73 Å².